The summed E-state index contributed by atoms with van der Waals surface area (Å²) < 4.78 is 0. The molecule has 1 nitrogen and oxygen atoms in total. The number of ketones is 1. The lowest BCUT2D eigenvalue weighted by Gasteiger charge is -2.41. The Morgan fingerprint density at radius 3 is 2.44 bits per heavy atom. The molecule has 1 aliphatic rings. The zero-order chi connectivity index (χ0) is 11.8. The lowest BCUT2D eigenvalue weighted by Crippen LogP contribution is -2.35. The second kappa shape index (κ2) is 4.09. The molecule has 3 heteroatoms. The van der Waals surface area contributed by atoms with E-state index in [-0.39, 0.29) is 5.16 Å². The van der Waals surface area contributed by atoms with Crippen LogP contribution in [-0.4, -0.2) is 17.1 Å². The van der Waals surface area contributed by atoms with Crippen molar-refractivity contribution in [1.29, 1.82) is 0 Å². The SMILES string of the molecule is CC1(C)CC(=O)CCP1(=S)c1ccccc1. The Hall–Kier alpha value is -0.460. The first-order chi connectivity index (χ1) is 7.46. The van der Waals surface area contributed by atoms with E-state index in [1.165, 1.54) is 5.30 Å². The molecule has 1 unspecified atom stereocenters. The number of hydrogen-bond donors (Lipinski definition) is 0. The molecule has 0 amide bonds. The Morgan fingerprint density at radius 2 is 1.88 bits per heavy atom. The topological polar surface area (TPSA) is 17.1 Å². The highest BCUT2D eigenvalue weighted by atomic mass is 32.4. The van der Waals surface area contributed by atoms with Crippen LogP contribution in [0.1, 0.15) is 26.7 Å². The predicted molar refractivity (Wildman–Crippen MR) is 73.5 cm³/mol. The van der Waals surface area contributed by atoms with E-state index in [0.717, 1.165) is 6.16 Å². The van der Waals surface area contributed by atoms with Crippen molar-refractivity contribution in [1.82, 2.24) is 0 Å². The normalized spacial score (nSPS) is 29.0. The van der Waals surface area contributed by atoms with Gasteiger partial charge in [-0.15, -0.1) is 0 Å². The first kappa shape index (κ1) is 12.0. The van der Waals surface area contributed by atoms with Crippen molar-refractivity contribution in [2.24, 2.45) is 0 Å². The van der Waals surface area contributed by atoms with Crippen molar-refractivity contribution in [3.8, 4) is 0 Å². The largest absolute Gasteiger partial charge is 0.300 e. The molecule has 86 valence electrons. The molecule has 1 heterocycles. The van der Waals surface area contributed by atoms with Crippen molar-refractivity contribution in [2.45, 2.75) is 31.8 Å². The van der Waals surface area contributed by atoms with Crippen LogP contribution in [0.4, 0.5) is 0 Å². The number of carbonyl (C=O) groups excluding carboxylic acids is 1. The summed E-state index contributed by atoms with van der Waals surface area (Å²) in [5.41, 5.74) is 0. The van der Waals surface area contributed by atoms with Crippen LogP contribution in [0.5, 0.6) is 0 Å². The van der Waals surface area contributed by atoms with Crippen molar-refractivity contribution in [3.63, 3.8) is 0 Å². The van der Waals surface area contributed by atoms with Gasteiger partial charge in [0.15, 0.2) is 0 Å². The summed E-state index contributed by atoms with van der Waals surface area (Å²) in [6, 6.07) is 8.80. The molecule has 0 aliphatic carbocycles. The van der Waals surface area contributed by atoms with Crippen molar-refractivity contribution in [2.75, 3.05) is 6.16 Å². The van der Waals surface area contributed by atoms with Crippen molar-refractivity contribution < 1.29 is 4.79 Å². The highest BCUT2D eigenvalue weighted by Gasteiger charge is 2.42. The first-order valence-corrected chi connectivity index (χ1v) is 8.61. The zero-order valence-electron chi connectivity index (χ0n) is 9.77. The first-order valence-electron chi connectivity index (χ1n) is 5.62. The Kier molecular flexibility index (Phi) is 3.07. The third kappa shape index (κ3) is 1.89. The van der Waals surface area contributed by atoms with Crippen LogP contribution in [0, 0.1) is 0 Å². The fourth-order valence-corrected chi connectivity index (χ4v) is 6.48. The maximum atomic E-state index is 11.6. The number of carbonyl (C=O) groups is 1. The summed E-state index contributed by atoms with van der Waals surface area (Å²) in [5, 5.41) is 1.28. The van der Waals surface area contributed by atoms with Crippen molar-refractivity contribution >= 4 is 28.9 Å². The number of benzene rings is 1. The average molecular weight is 252 g/mol. The molecule has 2 rings (SSSR count). The number of rotatable bonds is 1. The Labute approximate surface area is 102 Å². The van der Waals surface area contributed by atoms with Gasteiger partial charge in [-0.1, -0.05) is 56.0 Å². The van der Waals surface area contributed by atoms with Gasteiger partial charge in [0, 0.05) is 18.0 Å². The van der Waals surface area contributed by atoms with Crippen LogP contribution in [0.3, 0.4) is 0 Å². The number of hydrogen-bond acceptors (Lipinski definition) is 2. The maximum Gasteiger partial charge on any atom is 0.134 e. The van der Waals surface area contributed by atoms with E-state index >= 15 is 0 Å². The highest BCUT2D eigenvalue weighted by Crippen LogP contribution is 2.61. The molecule has 0 bridgehead atoms. The lowest BCUT2D eigenvalue weighted by atomic mass is 10.0. The van der Waals surface area contributed by atoms with E-state index in [1.54, 1.807) is 0 Å². The Bertz CT molecular complexity index is 450. The van der Waals surface area contributed by atoms with E-state index in [4.69, 9.17) is 11.8 Å². The van der Waals surface area contributed by atoms with Crippen LogP contribution in [0.15, 0.2) is 30.3 Å². The minimum absolute atomic E-state index is 0.0149. The van der Waals surface area contributed by atoms with Gasteiger partial charge in [0.05, 0.1) is 0 Å². The predicted octanol–water partition coefficient (Wildman–Crippen LogP) is 2.93. The summed E-state index contributed by atoms with van der Waals surface area (Å²) in [6.07, 6.45) is 2.23. The van der Waals surface area contributed by atoms with E-state index in [0.29, 0.717) is 18.6 Å². The van der Waals surface area contributed by atoms with Gasteiger partial charge in [-0.05, 0) is 17.5 Å². The van der Waals surface area contributed by atoms with Crippen LogP contribution in [0.2, 0.25) is 0 Å². The van der Waals surface area contributed by atoms with Crippen molar-refractivity contribution in [3.05, 3.63) is 30.3 Å². The molecule has 0 aromatic heterocycles. The summed E-state index contributed by atoms with van der Waals surface area (Å²) in [6.45, 7) is 4.33. The molecule has 1 fully saturated rings. The van der Waals surface area contributed by atoms with E-state index in [1.807, 2.05) is 6.07 Å². The van der Waals surface area contributed by atoms with Gasteiger partial charge >= 0.3 is 0 Å². The fraction of sp³-hybridized carbons (Fsp3) is 0.462. The van der Waals surface area contributed by atoms with E-state index in [9.17, 15) is 4.79 Å². The maximum absolute atomic E-state index is 11.6. The molecule has 0 spiro atoms. The summed E-state index contributed by atoms with van der Waals surface area (Å²) in [4.78, 5) is 11.6. The third-order valence-electron chi connectivity index (χ3n) is 3.49. The number of Topliss-reactive ketones (excluding diaryl/α,β-unsaturated/α-hetero) is 1. The second-order valence-corrected chi connectivity index (χ2v) is 10.6. The lowest BCUT2D eigenvalue weighted by molar-refractivity contribution is -0.119. The second-order valence-electron chi connectivity index (χ2n) is 5.08. The molecular formula is C13H17OPS. The van der Waals surface area contributed by atoms with Crippen LogP contribution in [-0.2, 0) is 16.6 Å². The molecule has 1 aromatic carbocycles. The molecule has 1 atom stereocenters. The zero-order valence-corrected chi connectivity index (χ0v) is 11.5. The van der Waals surface area contributed by atoms with Crippen LogP contribution in [0.25, 0.3) is 0 Å². The Balaban J connectivity index is 2.46. The van der Waals surface area contributed by atoms with Gasteiger partial charge in [0.2, 0.25) is 0 Å². The average Bonchev–Trinajstić information content (AvgIpc) is 2.25. The molecule has 1 aromatic rings. The van der Waals surface area contributed by atoms with E-state index < -0.39 is 6.04 Å². The van der Waals surface area contributed by atoms with Crippen LogP contribution >= 0.6 is 6.04 Å². The highest BCUT2D eigenvalue weighted by molar-refractivity contribution is 8.19. The molecule has 0 saturated carbocycles. The Morgan fingerprint density at radius 1 is 1.25 bits per heavy atom. The molecule has 1 aliphatic heterocycles. The van der Waals surface area contributed by atoms with Gasteiger partial charge in [0.25, 0.3) is 0 Å². The van der Waals surface area contributed by atoms with Gasteiger partial charge in [-0.3, -0.25) is 4.79 Å². The summed E-state index contributed by atoms with van der Waals surface area (Å²) in [7, 11) is 0. The smallest absolute Gasteiger partial charge is 0.134 e. The molecule has 0 N–H and O–H groups in total. The summed E-state index contributed by atoms with van der Waals surface area (Å²) in [5.74, 6) is 0.376. The quantitative estimate of drug-likeness (QED) is 0.715. The molecule has 16 heavy (non-hydrogen) atoms. The van der Waals surface area contributed by atoms with Gasteiger partial charge in [-0.25, -0.2) is 0 Å². The molecule has 1 saturated heterocycles. The van der Waals surface area contributed by atoms with Gasteiger partial charge < -0.3 is 0 Å². The molecular weight excluding hydrogens is 235 g/mol. The van der Waals surface area contributed by atoms with E-state index in [2.05, 4.69) is 38.1 Å². The molecule has 0 radical (unpaired) electrons. The monoisotopic (exact) mass is 252 g/mol. The minimum Gasteiger partial charge on any atom is -0.300 e. The van der Waals surface area contributed by atoms with Crippen LogP contribution < -0.4 is 5.30 Å². The summed E-state index contributed by atoms with van der Waals surface area (Å²) >= 11 is 5.97. The van der Waals surface area contributed by atoms with Gasteiger partial charge in [-0.2, -0.15) is 0 Å². The third-order valence-corrected chi connectivity index (χ3v) is 10.2. The standard InChI is InChI=1S/C13H17OPS/c1-13(2)10-11(14)8-9-15(13,16)12-6-4-3-5-7-12/h3-7H,8-10H2,1-2H3. The van der Waals surface area contributed by atoms with Gasteiger partial charge in [0.1, 0.15) is 5.78 Å². The fourth-order valence-electron chi connectivity index (χ4n) is 2.43. The minimum atomic E-state index is -1.59.